The Hall–Kier alpha value is -1.96. The minimum Gasteiger partial charge on any atom is -0.383 e. The van der Waals surface area contributed by atoms with Crippen LogP contribution in [0.15, 0.2) is 46.8 Å². The van der Waals surface area contributed by atoms with Crippen molar-refractivity contribution in [3.05, 3.63) is 58.0 Å². The van der Waals surface area contributed by atoms with E-state index in [1.165, 1.54) is 17.4 Å². The molecule has 27 heavy (non-hydrogen) atoms. The van der Waals surface area contributed by atoms with E-state index in [0.29, 0.717) is 19.0 Å². The number of aliphatic hydroxyl groups is 1. The Morgan fingerprint density at radius 1 is 1.30 bits per heavy atom. The highest BCUT2D eigenvalue weighted by Crippen LogP contribution is 2.25. The highest BCUT2D eigenvalue weighted by molar-refractivity contribution is 7.10. The first-order valence-electron chi connectivity index (χ1n) is 9.04. The Morgan fingerprint density at radius 2 is 2.07 bits per heavy atom. The van der Waals surface area contributed by atoms with Crippen LogP contribution in [-0.4, -0.2) is 49.7 Å². The Labute approximate surface area is 164 Å². The average Bonchev–Trinajstić information content (AvgIpc) is 3.15. The van der Waals surface area contributed by atoms with Gasteiger partial charge in [0.25, 0.3) is 0 Å². The maximum Gasteiger partial charge on any atom is 0.191 e. The summed E-state index contributed by atoms with van der Waals surface area (Å²) in [6.45, 7) is 5.27. The lowest BCUT2D eigenvalue weighted by Gasteiger charge is -2.26. The zero-order valence-corrected chi connectivity index (χ0v) is 17.2. The summed E-state index contributed by atoms with van der Waals surface area (Å²) < 4.78 is 13.6. The Balaban J connectivity index is 2.07. The van der Waals surface area contributed by atoms with Gasteiger partial charge in [0.1, 0.15) is 11.4 Å². The molecule has 0 saturated carbocycles. The monoisotopic (exact) mass is 392 g/mol. The normalized spacial score (nSPS) is 15.4. The molecule has 148 valence electrons. The molecule has 0 spiro atoms. The van der Waals surface area contributed by atoms with Gasteiger partial charge in [0.15, 0.2) is 5.96 Å². The summed E-state index contributed by atoms with van der Waals surface area (Å²) >= 11 is 1.51. The van der Waals surface area contributed by atoms with Gasteiger partial charge >= 0.3 is 0 Å². The predicted molar refractivity (Wildman–Crippen MR) is 111 cm³/mol. The molecule has 0 radical (unpaired) electrons. The molecule has 0 aliphatic heterocycles. The molecule has 7 heteroatoms. The molecular weight excluding hydrogens is 363 g/mol. The number of thiophene rings is 1. The van der Waals surface area contributed by atoms with Gasteiger partial charge in [0.05, 0.1) is 12.6 Å². The molecule has 2 unspecified atom stereocenters. The van der Waals surface area contributed by atoms with Crippen LogP contribution in [0.3, 0.4) is 0 Å². The van der Waals surface area contributed by atoms with Gasteiger partial charge in [-0.3, -0.25) is 0 Å². The Bertz CT molecular complexity index is 731. The number of hydrogen-bond acceptors (Lipinski definition) is 4. The second kappa shape index (κ2) is 9.82. The summed E-state index contributed by atoms with van der Waals surface area (Å²) in [7, 11) is 3.92. The van der Waals surface area contributed by atoms with Gasteiger partial charge in [-0.05, 0) is 57.1 Å². The number of hydrogen-bond donors (Lipinski definition) is 3. The quantitative estimate of drug-likeness (QED) is 0.478. The van der Waals surface area contributed by atoms with Gasteiger partial charge in [-0.15, -0.1) is 11.3 Å². The van der Waals surface area contributed by atoms with Crippen LogP contribution in [0.5, 0.6) is 0 Å². The van der Waals surface area contributed by atoms with Crippen molar-refractivity contribution in [3.8, 4) is 0 Å². The molecule has 0 amide bonds. The van der Waals surface area contributed by atoms with E-state index < -0.39 is 5.60 Å². The summed E-state index contributed by atoms with van der Waals surface area (Å²) in [5, 5.41) is 19.1. The third-order valence-corrected chi connectivity index (χ3v) is 5.38. The number of rotatable bonds is 8. The number of nitrogens with one attached hydrogen (secondary N) is 2. The summed E-state index contributed by atoms with van der Waals surface area (Å²) in [5.74, 6) is 0.379. The van der Waals surface area contributed by atoms with Crippen molar-refractivity contribution < 1.29 is 9.50 Å². The third kappa shape index (κ3) is 6.30. The number of nitrogens with zero attached hydrogens (tertiary/aromatic N) is 2. The first kappa shape index (κ1) is 21.3. The summed E-state index contributed by atoms with van der Waals surface area (Å²) in [6.07, 6.45) is 0. The fourth-order valence-electron chi connectivity index (χ4n) is 2.74. The van der Waals surface area contributed by atoms with E-state index in [4.69, 9.17) is 0 Å². The molecule has 0 aliphatic carbocycles. The van der Waals surface area contributed by atoms with E-state index in [9.17, 15) is 9.50 Å². The molecule has 2 rings (SSSR count). The van der Waals surface area contributed by atoms with Crippen molar-refractivity contribution in [2.75, 3.05) is 33.7 Å². The van der Waals surface area contributed by atoms with E-state index in [2.05, 4.69) is 15.6 Å². The molecule has 2 atom stereocenters. The van der Waals surface area contributed by atoms with Gasteiger partial charge in [-0.1, -0.05) is 18.2 Å². The summed E-state index contributed by atoms with van der Waals surface area (Å²) in [5.41, 5.74) is -0.117. The van der Waals surface area contributed by atoms with Crippen LogP contribution >= 0.6 is 11.3 Å². The van der Waals surface area contributed by atoms with Crippen LogP contribution in [0.25, 0.3) is 0 Å². The number of guanidine groups is 1. The van der Waals surface area contributed by atoms with Crippen LogP contribution in [-0.2, 0) is 5.60 Å². The van der Waals surface area contributed by atoms with E-state index in [1.807, 2.05) is 49.5 Å². The molecule has 2 aromatic rings. The lowest BCUT2D eigenvalue weighted by atomic mass is 10.1. The summed E-state index contributed by atoms with van der Waals surface area (Å²) in [6, 6.07) is 10.5. The van der Waals surface area contributed by atoms with Crippen LogP contribution in [0.4, 0.5) is 4.39 Å². The van der Waals surface area contributed by atoms with E-state index in [-0.39, 0.29) is 18.4 Å². The van der Waals surface area contributed by atoms with E-state index in [1.54, 1.807) is 19.1 Å². The SMILES string of the molecule is CCNC(=NCC(C)(O)c1cccs1)NCC(c1cccc(F)c1)N(C)C. The molecule has 0 aliphatic rings. The van der Waals surface area contributed by atoms with E-state index >= 15 is 0 Å². The fourth-order valence-corrected chi connectivity index (χ4v) is 3.52. The van der Waals surface area contributed by atoms with Crippen molar-refractivity contribution in [1.82, 2.24) is 15.5 Å². The molecule has 5 nitrogen and oxygen atoms in total. The second-order valence-corrected chi connectivity index (χ2v) is 7.81. The minimum absolute atomic E-state index is 0.0117. The zero-order valence-electron chi connectivity index (χ0n) is 16.4. The highest BCUT2D eigenvalue weighted by atomic mass is 32.1. The van der Waals surface area contributed by atoms with Gasteiger partial charge < -0.3 is 20.6 Å². The molecule has 0 bridgehead atoms. The number of benzene rings is 1. The van der Waals surface area contributed by atoms with Gasteiger partial charge in [0, 0.05) is 18.0 Å². The van der Waals surface area contributed by atoms with Gasteiger partial charge in [0.2, 0.25) is 0 Å². The highest BCUT2D eigenvalue weighted by Gasteiger charge is 2.24. The lowest BCUT2D eigenvalue weighted by Crippen LogP contribution is -2.42. The molecule has 1 aromatic carbocycles. The minimum atomic E-state index is -1.01. The fraction of sp³-hybridized carbons (Fsp3) is 0.450. The molecule has 0 saturated heterocycles. The van der Waals surface area contributed by atoms with Crippen molar-refractivity contribution in [2.24, 2.45) is 4.99 Å². The van der Waals surface area contributed by atoms with Crippen LogP contribution < -0.4 is 10.6 Å². The van der Waals surface area contributed by atoms with Crippen molar-refractivity contribution in [2.45, 2.75) is 25.5 Å². The Morgan fingerprint density at radius 3 is 2.67 bits per heavy atom. The molecule has 3 N–H and O–H groups in total. The maximum absolute atomic E-state index is 13.6. The molecular formula is C20H29FN4OS. The maximum atomic E-state index is 13.6. The van der Waals surface area contributed by atoms with Gasteiger partial charge in [-0.25, -0.2) is 9.38 Å². The smallest absolute Gasteiger partial charge is 0.191 e. The van der Waals surface area contributed by atoms with Crippen LogP contribution in [0, 0.1) is 5.82 Å². The number of aliphatic imine (C=N–C) groups is 1. The second-order valence-electron chi connectivity index (χ2n) is 6.86. The lowest BCUT2D eigenvalue weighted by molar-refractivity contribution is 0.0711. The van der Waals surface area contributed by atoms with E-state index in [0.717, 1.165) is 10.4 Å². The van der Waals surface area contributed by atoms with Gasteiger partial charge in [-0.2, -0.15) is 0 Å². The molecule has 1 heterocycles. The van der Waals surface area contributed by atoms with Crippen molar-refractivity contribution in [1.29, 1.82) is 0 Å². The number of likely N-dealkylation sites (N-methyl/N-ethyl adjacent to an activating group) is 1. The number of halogens is 1. The predicted octanol–water partition coefficient (Wildman–Crippen LogP) is 2.95. The van der Waals surface area contributed by atoms with Crippen LogP contribution in [0.2, 0.25) is 0 Å². The summed E-state index contributed by atoms with van der Waals surface area (Å²) in [4.78, 5) is 7.46. The largest absolute Gasteiger partial charge is 0.383 e. The van der Waals surface area contributed by atoms with Crippen molar-refractivity contribution in [3.63, 3.8) is 0 Å². The zero-order chi connectivity index (χ0) is 19.9. The van der Waals surface area contributed by atoms with Crippen LogP contribution in [0.1, 0.15) is 30.3 Å². The average molecular weight is 393 g/mol. The Kier molecular flexibility index (Phi) is 7.77. The topological polar surface area (TPSA) is 59.9 Å². The molecule has 0 fully saturated rings. The first-order valence-corrected chi connectivity index (χ1v) is 9.92. The van der Waals surface area contributed by atoms with Crippen molar-refractivity contribution >= 4 is 17.3 Å². The molecule has 1 aromatic heterocycles. The first-order chi connectivity index (χ1) is 12.8. The standard InChI is InChI=1S/C20H29FN4OS/c1-5-22-19(24-14-20(2,26)18-10-7-11-27-18)23-13-17(25(3)4)15-8-6-9-16(21)12-15/h6-12,17,26H,5,13-14H2,1-4H3,(H2,22,23,24). The third-order valence-electron chi connectivity index (χ3n) is 4.26.